The summed E-state index contributed by atoms with van der Waals surface area (Å²) in [5.74, 6) is 1.94. The van der Waals surface area contributed by atoms with Crippen LogP contribution in [0.25, 0.3) is 0 Å². The Balaban J connectivity index is 1.62. The maximum atomic E-state index is 3.91. The zero-order valence-electron chi connectivity index (χ0n) is 13.0. The summed E-state index contributed by atoms with van der Waals surface area (Å²) < 4.78 is 0. The van der Waals surface area contributed by atoms with Crippen molar-refractivity contribution in [2.45, 2.75) is 76.8 Å². The van der Waals surface area contributed by atoms with Crippen molar-refractivity contribution in [3.63, 3.8) is 0 Å². The number of piperazine rings is 1. The molecule has 0 aromatic carbocycles. The molecule has 19 heavy (non-hydrogen) atoms. The molecule has 3 fully saturated rings. The van der Waals surface area contributed by atoms with Crippen LogP contribution in [0.15, 0.2) is 0 Å². The molecule has 3 aliphatic rings. The second-order valence-electron chi connectivity index (χ2n) is 7.67. The van der Waals surface area contributed by atoms with E-state index in [9.17, 15) is 0 Å². The summed E-state index contributed by atoms with van der Waals surface area (Å²) in [6.45, 7) is 8.79. The van der Waals surface area contributed by atoms with Gasteiger partial charge in [0, 0.05) is 31.2 Å². The first-order chi connectivity index (χ1) is 9.19. The molecule has 0 amide bonds. The lowest BCUT2D eigenvalue weighted by molar-refractivity contribution is 0.0474. The van der Waals surface area contributed by atoms with Crippen molar-refractivity contribution in [1.82, 2.24) is 10.2 Å². The van der Waals surface area contributed by atoms with E-state index >= 15 is 0 Å². The topological polar surface area (TPSA) is 15.3 Å². The van der Waals surface area contributed by atoms with Crippen molar-refractivity contribution in [3.05, 3.63) is 0 Å². The molecule has 1 aliphatic heterocycles. The van der Waals surface area contributed by atoms with E-state index in [0.717, 1.165) is 17.9 Å². The van der Waals surface area contributed by atoms with Crippen LogP contribution in [-0.4, -0.2) is 36.1 Å². The standard InChI is InChI=1S/C17H32N2/c1-14-7-6-8-16(14)12-19-13-17(18-11-15(19)2)9-4-3-5-10-17/h14-16,18H,3-13H2,1-2H3. The first-order valence-corrected chi connectivity index (χ1v) is 8.68. The van der Waals surface area contributed by atoms with Crippen LogP contribution in [0.3, 0.4) is 0 Å². The van der Waals surface area contributed by atoms with E-state index in [1.807, 2.05) is 0 Å². The normalized spacial score (nSPS) is 39.8. The number of hydrogen-bond acceptors (Lipinski definition) is 2. The fourth-order valence-corrected chi connectivity index (χ4v) is 4.70. The van der Waals surface area contributed by atoms with E-state index in [-0.39, 0.29) is 0 Å². The number of rotatable bonds is 2. The molecule has 0 aromatic rings. The molecule has 2 heteroatoms. The molecule has 3 unspecified atom stereocenters. The third kappa shape index (κ3) is 3.00. The van der Waals surface area contributed by atoms with Gasteiger partial charge in [0.2, 0.25) is 0 Å². The third-order valence-electron chi connectivity index (χ3n) is 6.22. The molecular weight excluding hydrogens is 232 g/mol. The van der Waals surface area contributed by atoms with Gasteiger partial charge in [-0.15, -0.1) is 0 Å². The van der Waals surface area contributed by atoms with Gasteiger partial charge in [-0.05, 0) is 38.0 Å². The molecule has 2 nitrogen and oxygen atoms in total. The average Bonchev–Trinajstić information content (AvgIpc) is 2.81. The van der Waals surface area contributed by atoms with Crippen molar-refractivity contribution >= 4 is 0 Å². The van der Waals surface area contributed by atoms with Gasteiger partial charge in [0.15, 0.2) is 0 Å². The predicted octanol–water partition coefficient (Wildman–Crippen LogP) is 3.42. The fourth-order valence-electron chi connectivity index (χ4n) is 4.70. The predicted molar refractivity (Wildman–Crippen MR) is 81.4 cm³/mol. The van der Waals surface area contributed by atoms with Gasteiger partial charge in [0.1, 0.15) is 0 Å². The van der Waals surface area contributed by atoms with Gasteiger partial charge in [0.25, 0.3) is 0 Å². The molecule has 0 aromatic heterocycles. The van der Waals surface area contributed by atoms with Crippen LogP contribution in [-0.2, 0) is 0 Å². The van der Waals surface area contributed by atoms with Crippen molar-refractivity contribution in [3.8, 4) is 0 Å². The zero-order chi connectivity index (χ0) is 13.3. The first kappa shape index (κ1) is 13.9. The zero-order valence-corrected chi connectivity index (χ0v) is 13.0. The Hall–Kier alpha value is -0.0800. The first-order valence-electron chi connectivity index (χ1n) is 8.68. The number of hydrogen-bond donors (Lipinski definition) is 1. The Kier molecular flexibility index (Phi) is 4.19. The lowest BCUT2D eigenvalue weighted by atomic mass is 9.79. The summed E-state index contributed by atoms with van der Waals surface area (Å²) in [6, 6.07) is 0.736. The highest BCUT2D eigenvalue weighted by Crippen LogP contribution is 2.35. The number of nitrogens with zero attached hydrogens (tertiary/aromatic N) is 1. The maximum Gasteiger partial charge on any atom is 0.0309 e. The Morgan fingerprint density at radius 2 is 1.84 bits per heavy atom. The Labute approximate surface area is 119 Å². The summed E-state index contributed by atoms with van der Waals surface area (Å²) in [6.07, 6.45) is 11.6. The van der Waals surface area contributed by atoms with Crippen LogP contribution in [0.1, 0.15) is 65.2 Å². The van der Waals surface area contributed by atoms with Crippen molar-refractivity contribution < 1.29 is 0 Å². The second kappa shape index (κ2) is 5.73. The fraction of sp³-hybridized carbons (Fsp3) is 1.00. The van der Waals surface area contributed by atoms with E-state index in [2.05, 4.69) is 24.1 Å². The monoisotopic (exact) mass is 264 g/mol. The lowest BCUT2D eigenvalue weighted by Gasteiger charge is -2.49. The van der Waals surface area contributed by atoms with Gasteiger partial charge in [-0.2, -0.15) is 0 Å². The summed E-state index contributed by atoms with van der Waals surface area (Å²) in [7, 11) is 0. The van der Waals surface area contributed by atoms with E-state index in [1.54, 1.807) is 0 Å². The highest BCUT2D eigenvalue weighted by Gasteiger charge is 2.39. The van der Waals surface area contributed by atoms with Crippen LogP contribution in [0.2, 0.25) is 0 Å². The van der Waals surface area contributed by atoms with Crippen molar-refractivity contribution in [2.75, 3.05) is 19.6 Å². The smallest absolute Gasteiger partial charge is 0.0309 e. The molecule has 3 rings (SSSR count). The average molecular weight is 264 g/mol. The maximum absolute atomic E-state index is 3.91. The van der Waals surface area contributed by atoms with Crippen LogP contribution in [0.4, 0.5) is 0 Å². The van der Waals surface area contributed by atoms with E-state index in [1.165, 1.54) is 71.0 Å². The molecule has 2 saturated carbocycles. The van der Waals surface area contributed by atoms with Crippen LogP contribution < -0.4 is 5.32 Å². The number of nitrogens with one attached hydrogen (secondary N) is 1. The molecule has 1 saturated heterocycles. The van der Waals surface area contributed by atoms with Crippen LogP contribution in [0.5, 0.6) is 0 Å². The molecule has 1 N–H and O–H groups in total. The lowest BCUT2D eigenvalue weighted by Crippen LogP contribution is -2.64. The molecular formula is C17H32N2. The molecule has 0 bridgehead atoms. The Morgan fingerprint density at radius 3 is 2.53 bits per heavy atom. The van der Waals surface area contributed by atoms with Crippen molar-refractivity contribution in [2.24, 2.45) is 11.8 Å². The van der Waals surface area contributed by atoms with E-state index in [4.69, 9.17) is 0 Å². The minimum absolute atomic E-state index is 0.479. The second-order valence-corrected chi connectivity index (χ2v) is 7.67. The van der Waals surface area contributed by atoms with Gasteiger partial charge >= 0.3 is 0 Å². The van der Waals surface area contributed by atoms with Gasteiger partial charge < -0.3 is 5.32 Å². The van der Waals surface area contributed by atoms with Gasteiger partial charge in [0.05, 0.1) is 0 Å². The SMILES string of the molecule is CC1CCCC1CN1CC2(CCCCC2)NCC1C. The van der Waals surface area contributed by atoms with Crippen LogP contribution >= 0.6 is 0 Å². The minimum atomic E-state index is 0.479. The summed E-state index contributed by atoms with van der Waals surface area (Å²) in [5.41, 5.74) is 0.479. The van der Waals surface area contributed by atoms with Gasteiger partial charge in [-0.1, -0.05) is 39.0 Å². The summed E-state index contributed by atoms with van der Waals surface area (Å²) in [4.78, 5) is 2.83. The minimum Gasteiger partial charge on any atom is -0.308 e. The highest BCUT2D eigenvalue weighted by atomic mass is 15.3. The van der Waals surface area contributed by atoms with Crippen LogP contribution in [0, 0.1) is 11.8 Å². The van der Waals surface area contributed by atoms with Gasteiger partial charge in [-0.25, -0.2) is 0 Å². The highest BCUT2D eigenvalue weighted by molar-refractivity contribution is 4.99. The van der Waals surface area contributed by atoms with Gasteiger partial charge in [-0.3, -0.25) is 4.90 Å². The Bertz CT molecular complexity index is 296. The van der Waals surface area contributed by atoms with Crippen molar-refractivity contribution in [1.29, 1.82) is 0 Å². The largest absolute Gasteiger partial charge is 0.308 e. The molecule has 1 spiro atoms. The quantitative estimate of drug-likeness (QED) is 0.822. The molecule has 0 radical (unpaired) electrons. The third-order valence-corrected chi connectivity index (χ3v) is 6.22. The molecule has 2 aliphatic carbocycles. The molecule has 110 valence electrons. The molecule has 3 atom stereocenters. The Morgan fingerprint density at radius 1 is 1.05 bits per heavy atom. The summed E-state index contributed by atoms with van der Waals surface area (Å²) >= 11 is 0. The molecule has 1 heterocycles. The van der Waals surface area contributed by atoms with E-state index in [0.29, 0.717) is 5.54 Å². The summed E-state index contributed by atoms with van der Waals surface area (Å²) in [5, 5.41) is 3.91. The van der Waals surface area contributed by atoms with E-state index < -0.39 is 0 Å².